The van der Waals surface area contributed by atoms with Crippen LogP contribution < -0.4 is 9.64 Å². The van der Waals surface area contributed by atoms with E-state index in [1.54, 1.807) is 0 Å². The predicted molar refractivity (Wildman–Crippen MR) is 139 cm³/mol. The van der Waals surface area contributed by atoms with Crippen LogP contribution in [-0.4, -0.2) is 31.3 Å². The van der Waals surface area contributed by atoms with Crippen molar-refractivity contribution < 1.29 is 14.3 Å². The van der Waals surface area contributed by atoms with Crippen LogP contribution in [0, 0.1) is 0 Å². The van der Waals surface area contributed by atoms with E-state index in [-0.39, 0.29) is 11.6 Å². The van der Waals surface area contributed by atoms with Crippen molar-refractivity contribution in [3.05, 3.63) is 107 Å². The summed E-state index contributed by atoms with van der Waals surface area (Å²) in [5.74, 6) is 1.33. The van der Waals surface area contributed by atoms with E-state index in [9.17, 15) is 9.59 Å². The Morgan fingerprint density at radius 1 is 0.914 bits per heavy atom. The Morgan fingerprint density at radius 3 is 2.63 bits per heavy atom. The molecular weight excluding hydrogens is 434 g/mol. The van der Waals surface area contributed by atoms with Gasteiger partial charge in [0.25, 0.3) is 0 Å². The fraction of sp³-hybridized carbons (Fsp3) is 0.226. The molecule has 0 amide bonds. The van der Waals surface area contributed by atoms with E-state index in [0.29, 0.717) is 42.2 Å². The van der Waals surface area contributed by atoms with Crippen molar-refractivity contribution in [3.8, 4) is 5.75 Å². The summed E-state index contributed by atoms with van der Waals surface area (Å²) < 4.78 is 5.70. The van der Waals surface area contributed by atoms with Crippen molar-refractivity contribution in [1.29, 1.82) is 0 Å². The van der Waals surface area contributed by atoms with Gasteiger partial charge in [-0.1, -0.05) is 60.7 Å². The minimum atomic E-state index is 0.0906. The van der Waals surface area contributed by atoms with Crippen LogP contribution in [0.4, 0.5) is 5.69 Å². The van der Waals surface area contributed by atoms with Crippen molar-refractivity contribution in [2.75, 3.05) is 24.6 Å². The lowest BCUT2D eigenvalue weighted by Crippen LogP contribution is -2.21. The first-order chi connectivity index (χ1) is 17.2. The van der Waals surface area contributed by atoms with Crippen LogP contribution in [0.15, 0.2) is 84.9 Å². The second kappa shape index (κ2) is 9.03. The van der Waals surface area contributed by atoms with Gasteiger partial charge < -0.3 is 9.64 Å². The van der Waals surface area contributed by atoms with Gasteiger partial charge in [0.15, 0.2) is 11.6 Å². The van der Waals surface area contributed by atoms with E-state index in [1.165, 1.54) is 5.56 Å². The largest absolute Gasteiger partial charge is 0.492 e. The third kappa shape index (κ3) is 4.21. The smallest absolute Gasteiger partial charge is 0.170 e. The summed E-state index contributed by atoms with van der Waals surface area (Å²) in [7, 11) is 0. The maximum atomic E-state index is 13.3. The Labute approximate surface area is 205 Å². The van der Waals surface area contributed by atoms with Gasteiger partial charge in [0.2, 0.25) is 0 Å². The first-order valence-corrected chi connectivity index (χ1v) is 12.3. The number of para-hydroxylation sites is 1. The number of benzene rings is 4. The number of anilines is 1. The number of carbonyl (C=O) groups is 2. The lowest BCUT2D eigenvalue weighted by Gasteiger charge is -2.22. The molecule has 0 N–H and O–H groups in total. The van der Waals surface area contributed by atoms with Crippen LogP contribution in [0.3, 0.4) is 0 Å². The number of carbonyl (C=O) groups excluding carboxylic acids is 2. The third-order valence-corrected chi connectivity index (χ3v) is 7.29. The zero-order valence-electron chi connectivity index (χ0n) is 19.6. The topological polar surface area (TPSA) is 46.6 Å². The molecule has 4 aromatic rings. The Kier molecular flexibility index (Phi) is 5.57. The number of hydrogen-bond donors (Lipinski definition) is 0. The number of Topliss-reactive ketones (excluding diaryl/α,β-unsaturated/α-hetero) is 2. The van der Waals surface area contributed by atoms with E-state index in [4.69, 9.17) is 4.74 Å². The van der Waals surface area contributed by atoms with Crippen LogP contribution in [0.5, 0.6) is 5.75 Å². The van der Waals surface area contributed by atoms with Crippen LogP contribution in [0.1, 0.15) is 50.6 Å². The highest BCUT2D eigenvalue weighted by Crippen LogP contribution is 2.34. The highest BCUT2D eigenvalue weighted by atomic mass is 16.5. The van der Waals surface area contributed by atoms with Gasteiger partial charge >= 0.3 is 0 Å². The molecule has 4 aromatic carbocycles. The van der Waals surface area contributed by atoms with E-state index >= 15 is 0 Å². The van der Waals surface area contributed by atoms with Crippen molar-refractivity contribution in [1.82, 2.24) is 0 Å². The SMILES string of the molecule is O=C(Cc1ccccc1N1CCC(c2ccccc2)C1)c1ccc2cc3c(cc2c1)OCCC3=O. The molecule has 1 unspecified atom stereocenters. The number of rotatable bonds is 5. The average molecular weight is 462 g/mol. The molecule has 1 saturated heterocycles. The zero-order chi connectivity index (χ0) is 23.8. The molecule has 1 fully saturated rings. The summed E-state index contributed by atoms with van der Waals surface area (Å²) in [5, 5.41) is 1.87. The van der Waals surface area contributed by atoms with Gasteiger partial charge in [0.1, 0.15) is 5.75 Å². The molecule has 1 atom stereocenters. The summed E-state index contributed by atoms with van der Waals surface area (Å²) in [6, 6.07) is 28.5. The predicted octanol–water partition coefficient (Wildman–Crippen LogP) is 6.22. The molecule has 2 aliphatic heterocycles. The average Bonchev–Trinajstić information content (AvgIpc) is 3.39. The summed E-state index contributed by atoms with van der Waals surface area (Å²) in [4.78, 5) is 28.0. The lowest BCUT2D eigenvalue weighted by molar-refractivity contribution is 0.0932. The maximum Gasteiger partial charge on any atom is 0.170 e. The Bertz CT molecular complexity index is 1430. The highest BCUT2D eigenvalue weighted by Gasteiger charge is 2.26. The summed E-state index contributed by atoms with van der Waals surface area (Å²) in [6.07, 6.45) is 1.89. The van der Waals surface area contributed by atoms with Gasteiger partial charge in [-0.25, -0.2) is 0 Å². The van der Waals surface area contributed by atoms with Crippen molar-refractivity contribution >= 4 is 28.0 Å². The van der Waals surface area contributed by atoms with Crippen LogP contribution in [-0.2, 0) is 6.42 Å². The van der Waals surface area contributed by atoms with Crippen molar-refractivity contribution in [2.45, 2.75) is 25.2 Å². The number of ketones is 2. The van der Waals surface area contributed by atoms with Gasteiger partial charge in [-0.15, -0.1) is 0 Å². The van der Waals surface area contributed by atoms with Crippen LogP contribution >= 0.6 is 0 Å². The minimum absolute atomic E-state index is 0.0906. The molecule has 174 valence electrons. The summed E-state index contributed by atoms with van der Waals surface area (Å²) in [5.41, 5.74) is 4.91. The zero-order valence-corrected chi connectivity index (χ0v) is 19.6. The first kappa shape index (κ1) is 21.6. The fourth-order valence-corrected chi connectivity index (χ4v) is 5.40. The van der Waals surface area contributed by atoms with E-state index in [2.05, 4.69) is 53.4 Å². The molecule has 0 spiro atoms. The number of fused-ring (bicyclic) bond motifs is 2. The van der Waals surface area contributed by atoms with E-state index in [1.807, 2.05) is 36.4 Å². The molecule has 0 aromatic heterocycles. The van der Waals surface area contributed by atoms with E-state index < -0.39 is 0 Å². The molecular formula is C31H27NO3. The van der Waals surface area contributed by atoms with Gasteiger partial charge in [0.05, 0.1) is 12.2 Å². The number of ether oxygens (including phenoxy) is 1. The van der Waals surface area contributed by atoms with E-state index in [0.717, 1.165) is 41.5 Å². The number of hydrogen-bond acceptors (Lipinski definition) is 4. The molecule has 2 aliphatic rings. The first-order valence-electron chi connectivity index (χ1n) is 12.3. The fourth-order valence-electron chi connectivity index (χ4n) is 5.40. The van der Waals surface area contributed by atoms with Gasteiger partial charge in [-0.3, -0.25) is 9.59 Å². The Balaban J connectivity index is 1.24. The molecule has 0 radical (unpaired) electrons. The molecule has 0 aliphatic carbocycles. The Hall–Kier alpha value is -3.92. The van der Waals surface area contributed by atoms with Gasteiger partial charge in [-0.2, -0.15) is 0 Å². The molecule has 2 heterocycles. The molecule has 6 rings (SSSR count). The third-order valence-electron chi connectivity index (χ3n) is 7.29. The lowest BCUT2D eigenvalue weighted by atomic mass is 9.96. The minimum Gasteiger partial charge on any atom is -0.492 e. The van der Waals surface area contributed by atoms with Gasteiger partial charge in [0, 0.05) is 43.1 Å². The molecule has 35 heavy (non-hydrogen) atoms. The summed E-state index contributed by atoms with van der Waals surface area (Å²) >= 11 is 0. The van der Waals surface area contributed by atoms with Crippen LogP contribution in [0.25, 0.3) is 10.8 Å². The molecule has 0 bridgehead atoms. The molecule has 4 nitrogen and oxygen atoms in total. The molecule has 0 saturated carbocycles. The second-order valence-electron chi connectivity index (χ2n) is 9.50. The highest BCUT2D eigenvalue weighted by molar-refractivity contribution is 6.06. The second-order valence-corrected chi connectivity index (χ2v) is 9.50. The normalized spacial score (nSPS) is 17.3. The number of nitrogens with zero attached hydrogens (tertiary/aromatic N) is 1. The van der Waals surface area contributed by atoms with Gasteiger partial charge in [-0.05, 0) is 52.6 Å². The maximum absolute atomic E-state index is 13.3. The monoisotopic (exact) mass is 461 g/mol. The van der Waals surface area contributed by atoms with Crippen molar-refractivity contribution in [3.63, 3.8) is 0 Å². The Morgan fingerprint density at radius 2 is 1.74 bits per heavy atom. The standard InChI is InChI=1S/C31H27NO3/c33-29-13-15-35-31-19-26-16-24(11-10-22(26)17-27(29)31)30(34)18-23-8-4-5-9-28(23)32-14-12-25(20-32)21-6-2-1-3-7-21/h1-11,16-17,19,25H,12-15,18,20H2. The van der Waals surface area contributed by atoms with Crippen LogP contribution in [0.2, 0.25) is 0 Å². The quantitative estimate of drug-likeness (QED) is 0.331. The van der Waals surface area contributed by atoms with Crippen molar-refractivity contribution in [2.24, 2.45) is 0 Å². The molecule has 4 heteroatoms. The summed E-state index contributed by atoms with van der Waals surface area (Å²) in [6.45, 7) is 2.37.